The first kappa shape index (κ1) is 16.9. The molecule has 0 N–H and O–H groups in total. The van der Waals surface area contributed by atoms with E-state index < -0.39 is 0 Å². The lowest BCUT2D eigenvalue weighted by Crippen LogP contribution is -2.28. The van der Waals surface area contributed by atoms with E-state index in [1.54, 1.807) is 0 Å². The van der Waals surface area contributed by atoms with Crippen LogP contribution in [0.1, 0.15) is 67.2 Å². The van der Waals surface area contributed by atoms with E-state index in [4.69, 9.17) is 9.47 Å². The highest BCUT2D eigenvalue weighted by molar-refractivity contribution is 4.71. The van der Waals surface area contributed by atoms with Gasteiger partial charge in [-0.25, -0.2) is 0 Å². The Morgan fingerprint density at radius 2 is 1.47 bits per heavy atom. The predicted molar refractivity (Wildman–Crippen MR) is 74.4 cm³/mol. The molecule has 0 aromatic rings. The standard InChI is InChI=1S/C15H32O2/c1-7-11-17-14(4,5)10-12-16-13-15(6,8-2)9-3/h7-13H2,1-6H3. The molecule has 0 atom stereocenters. The van der Waals surface area contributed by atoms with Gasteiger partial charge < -0.3 is 9.47 Å². The summed E-state index contributed by atoms with van der Waals surface area (Å²) >= 11 is 0. The summed E-state index contributed by atoms with van der Waals surface area (Å²) in [5, 5.41) is 0. The van der Waals surface area contributed by atoms with Crippen LogP contribution >= 0.6 is 0 Å². The number of rotatable bonds is 10. The Balaban J connectivity index is 3.76. The zero-order valence-electron chi connectivity index (χ0n) is 12.8. The van der Waals surface area contributed by atoms with Crippen LogP contribution in [0.15, 0.2) is 0 Å². The van der Waals surface area contributed by atoms with Crippen molar-refractivity contribution < 1.29 is 9.47 Å². The van der Waals surface area contributed by atoms with E-state index in [0.29, 0.717) is 5.41 Å². The first-order chi connectivity index (χ1) is 7.89. The highest BCUT2D eigenvalue weighted by Gasteiger charge is 2.21. The van der Waals surface area contributed by atoms with Crippen molar-refractivity contribution in [2.24, 2.45) is 5.41 Å². The third kappa shape index (κ3) is 7.77. The van der Waals surface area contributed by atoms with Crippen LogP contribution in [0.2, 0.25) is 0 Å². The van der Waals surface area contributed by atoms with Gasteiger partial charge >= 0.3 is 0 Å². The van der Waals surface area contributed by atoms with Gasteiger partial charge in [0.1, 0.15) is 0 Å². The van der Waals surface area contributed by atoms with Crippen molar-refractivity contribution in [2.45, 2.75) is 72.8 Å². The molecular weight excluding hydrogens is 212 g/mol. The summed E-state index contributed by atoms with van der Waals surface area (Å²) in [6.07, 6.45) is 4.41. The molecular formula is C15H32O2. The summed E-state index contributed by atoms with van der Waals surface area (Å²) in [7, 11) is 0. The maximum atomic E-state index is 5.82. The van der Waals surface area contributed by atoms with Crippen LogP contribution in [0.25, 0.3) is 0 Å². The molecule has 0 aromatic carbocycles. The van der Waals surface area contributed by atoms with Crippen LogP contribution in [0.4, 0.5) is 0 Å². The van der Waals surface area contributed by atoms with Crippen molar-refractivity contribution in [3.05, 3.63) is 0 Å². The fourth-order valence-electron chi connectivity index (χ4n) is 1.54. The second kappa shape index (κ2) is 8.10. The summed E-state index contributed by atoms with van der Waals surface area (Å²) < 4.78 is 11.6. The fraction of sp³-hybridized carbons (Fsp3) is 1.00. The normalized spacial score (nSPS) is 13.1. The van der Waals surface area contributed by atoms with Gasteiger partial charge in [-0.05, 0) is 44.9 Å². The third-order valence-electron chi connectivity index (χ3n) is 3.70. The molecule has 0 spiro atoms. The van der Waals surface area contributed by atoms with Gasteiger partial charge in [-0.2, -0.15) is 0 Å². The van der Waals surface area contributed by atoms with Crippen molar-refractivity contribution >= 4 is 0 Å². The van der Waals surface area contributed by atoms with E-state index in [2.05, 4.69) is 41.5 Å². The van der Waals surface area contributed by atoms with Crippen molar-refractivity contribution in [1.29, 1.82) is 0 Å². The van der Waals surface area contributed by atoms with Gasteiger partial charge in [-0.3, -0.25) is 0 Å². The lowest BCUT2D eigenvalue weighted by Gasteiger charge is -2.28. The minimum absolute atomic E-state index is 0.0508. The van der Waals surface area contributed by atoms with Crippen molar-refractivity contribution in [3.8, 4) is 0 Å². The smallest absolute Gasteiger partial charge is 0.0648 e. The van der Waals surface area contributed by atoms with E-state index in [1.807, 2.05) is 0 Å². The molecule has 0 heterocycles. The number of hydrogen-bond acceptors (Lipinski definition) is 2. The van der Waals surface area contributed by atoms with Crippen LogP contribution in [-0.2, 0) is 9.47 Å². The summed E-state index contributed by atoms with van der Waals surface area (Å²) in [5.74, 6) is 0. The van der Waals surface area contributed by atoms with Gasteiger partial charge in [0.05, 0.1) is 12.2 Å². The molecule has 0 fully saturated rings. The third-order valence-corrected chi connectivity index (χ3v) is 3.70. The van der Waals surface area contributed by atoms with E-state index in [9.17, 15) is 0 Å². The second-order valence-corrected chi connectivity index (χ2v) is 5.93. The SMILES string of the molecule is CCCOC(C)(C)CCOCC(C)(CC)CC. The van der Waals surface area contributed by atoms with Crippen molar-refractivity contribution in [1.82, 2.24) is 0 Å². The van der Waals surface area contributed by atoms with Crippen molar-refractivity contribution in [3.63, 3.8) is 0 Å². The molecule has 0 unspecified atom stereocenters. The zero-order valence-corrected chi connectivity index (χ0v) is 12.8. The van der Waals surface area contributed by atoms with Crippen LogP contribution in [0.3, 0.4) is 0 Å². The molecule has 104 valence electrons. The van der Waals surface area contributed by atoms with Crippen LogP contribution in [-0.4, -0.2) is 25.4 Å². The quantitative estimate of drug-likeness (QED) is 0.529. The maximum absolute atomic E-state index is 5.82. The van der Waals surface area contributed by atoms with Gasteiger partial charge in [0.2, 0.25) is 0 Å². The predicted octanol–water partition coefficient (Wildman–Crippen LogP) is 4.42. The van der Waals surface area contributed by atoms with Gasteiger partial charge in [0.15, 0.2) is 0 Å². The minimum Gasteiger partial charge on any atom is -0.381 e. The van der Waals surface area contributed by atoms with Crippen molar-refractivity contribution in [2.75, 3.05) is 19.8 Å². The Morgan fingerprint density at radius 1 is 0.882 bits per heavy atom. The summed E-state index contributed by atoms with van der Waals surface area (Å²) in [6.45, 7) is 15.7. The Labute approximate surface area is 108 Å². The van der Waals surface area contributed by atoms with E-state index >= 15 is 0 Å². The molecule has 2 heteroatoms. The summed E-state index contributed by atoms with van der Waals surface area (Å²) in [4.78, 5) is 0. The Morgan fingerprint density at radius 3 is 1.94 bits per heavy atom. The van der Waals surface area contributed by atoms with Gasteiger partial charge in [0, 0.05) is 13.2 Å². The average molecular weight is 244 g/mol. The first-order valence-electron chi connectivity index (χ1n) is 7.11. The molecule has 0 aliphatic carbocycles. The van der Waals surface area contributed by atoms with E-state index in [-0.39, 0.29) is 5.60 Å². The average Bonchev–Trinajstić information content (AvgIpc) is 2.32. The van der Waals surface area contributed by atoms with Crippen LogP contribution < -0.4 is 0 Å². The Kier molecular flexibility index (Phi) is 8.06. The lowest BCUT2D eigenvalue weighted by atomic mass is 9.86. The summed E-state index contributed by atoms with van der Waals surface area (Å²) in [5.41, 5.74) is 0.291. The molecule has 0 aliphatic heterocycles. The number of ether oxygens (including phenoxy) is 2. The zero-order chi connectivity index (χ0) is 13.4. The monoisotopic (exact) mass is 244 g/mol. The Bertz CT molecular complexity index is 183. The molecule has 2 nitrogen and oxygen atoms in total. The van der Waals surface area contributed by atoms with Crippen LogP contribution in [0.5, 0.6) is 0 Å². The first-order valence-corrected chi connectivity index (χ1v) is 7.11. The Hall–Kier alpha value is -0.0800. The molecule has 17 heavy (non-hydrogen) atoms. The molecule has 0 radical (unpaired) electrons. The van der Waals surface area contributed by atoms with Gasteiger partial charge in [0.25, 0.3) is 0 Å². The molecule has 0 bridgehead atoms. The molecule has 0 saturated carbocycles. The van der Waals surface area contributed by atoms with Gasteiger partial charge in [-0.1, -0.05) is 27.7 Å². The fourth-order valence-corrected chi connectivity index (χ4v) is 1.54. The highest BCUT2D eigenvalue weighted by atomic mass is 16.5. The van der Waals surface area contributed by atoms with Gasteiger partial charge in [-0.15, -0.1) is 0 Å². The molecule has 0 aromatic heterocycles. The van der Waals surface area contributed by atoms with E-state index in [0.717, 1.165) is 32.7 Å². The second-order valence-electron chi connectivity index (χ2n) is 5.93. The number of hydrogen-bond donors (Lipinski definition) is 0. The lowest BCUT2D eigenvalue weighted by molar-refractivity contribution is -0.0485. The van der Waals surface area contributed by atoms with E-state index in [1.165, 1.54) is 12.8 Å². The molecule has 0 amide bonds. The largest absolute Gasteiger partial charge is 0.381 e. The summed E-state index contributed by atoms with van der Waals surface area (Å²) in [6, 6.07) is 0. The molecule has 0 aliphatic rings. The molecule has 0 saturated heterocycles. The minimum atomic E-state index is -0.0508. The van der Waals surface area contributed by atoms with Crippen LogP contribution in [0, 0.1) is 5.41 Å². The molecule has 0 rings (SSSR count). The topological polar surface area (TPSA) is 18.5 Å². The highest BCUT2D eigenvalue weighted by Crippen LogP contribution is 2.25. The maximum Gasteiger partial charge on any atom is 0.0648 e.